The highest BCUT2D eigenvalue weighted by atomic mass is 32.1. The van der Waals surface area contributed by atoms with Gasteiger partial charge in [0.15, 0.2) is 0 Å². The molecule has 0 amide bonds. The van der Waals surface area contributed by atoms with Crippen molar-refractivity contribution in [2.75, 3.05) is 0 Å². The largest absolute Gasteiger partial charge is 0.255 e. The minimum absolute atomic E-state index is 0.865. The summed E-state index contributed by atoms with van der Waals surface area (Å²) in [6, 6.07) is 16.1. The van der Waals surface area contributed by atoms with E-state index in [2.05, 4.69) is 38.9 Å². The third kappa shape index (κ3) is 2.95. The van der Waals surface area contributed by atoms with Gasteiger partial charge in [-0.1, -0.05) is 18.2 Å². The Morgan fingerprint density at radius 3 is 2.53 bits per heavy atom. The molecule has 0 saturated carbocycles. The van der Waals surface area contributed by atoms with E-state index >= 15 is 0 Å². The standard InChI is InChI=1S/C16H12N2S/c1-2-9-17-16(3-1)11-18-15-6-4-13(5-7-15)14-8-10-19-12-14/h1-12H. The summed E-state index contributed by atoms with van der Waals surface area (Å²) >= 11 is 1.71. The van der Waals surface area contributed by atoms with Crippen LogP contribution in [0, 0.1) is 0 Å². The highest BCUT2D eigenvalue weighted by Crippen LogP contribution is 2.24. The van der Waals surface area contributed by atoms with Gasteiger partial charge in [-0.2, -0.15) is 11.3 Å². The molecule has 0 aliphatic carbocycles. The smallest absolute Gasteiger partial charge is 0.0812 e. The lowest BCUT2D eigenvalue weighted by Crippen LogP contribution is -1.83. The predicted octanol–water partition coefficient (Wildman–Crippen LogP) is 4.56. The van der Waals surface area contributed by atoms with Crippen molar-refractivity contribution in [3.63, 3.8) is 0 Å². The van der Waals surface area contributed by atoms with Crippen molar-refractivity contribution >= 4 is 23.2 Å². The third-order valence-electron chi connectivity index (χ3n) is 2.76. The Bertz CT molecular complexity index is 656. The number of pyridine rings is 1. The van der Waals surface area contributed by atoms with Gasteiger partial charge >= 0.3 is 0 Å². The van der Waals surface area contributed by atoms with Crippen LogP contribution in [0.4, 0.5) is 5.69 Å². The molecule has 2 nitrogen and oxygen atoms in total. The molecule has 2 aromatic heterocycles. The number of hydrogen-bond donors (Lipinski definition) is 0. The van der Waals surface area contributed by atoms with Crippen molar-refractivity contribution in [2.24, 2.45) is 4.99 Å². The second-order valence-corrected chi connectivity index (χ2v) is 4.85. The topological polar surface area (TPSA) is 25.2 Å². The first-order valence-corrected chi connectivity index (χ1v) is 6.94. The van der Waals surface area contributed by atoms with Gasteiger partial charge in [0.2, 0.25) is 0 Å². The zero-order valence-electron chi connectivity index (χ0n) is 10.2. The lowest BCUT2D eigenvalue weighted by Gasteiger charge is -1.98. The highest BCUT2D eigenvalue weighted by Gasteiger charge is 1.97. The molecule has 0 unspecified atom stereocenters. The minimum Gasteiger partial charge on any atom is -0.255 e. The Balaban J connectivity index is 1.78. The molecule has 0 N–H and O–H groups in total. The second kappa shape index (κ2) is 5.59. The molecular weight excluding hydrogens is 252 g/mol. The SMILES string of the molecule is C(=Nc1ccc(-c2ccsc2)cc1)c1ccccn1. The maximum Gasteiger partial charge on any atom is 0.0812 e. The average Bonchev–Trinajstić information content (AvgIpc) is 3.01. The van der Waals surface area contributed by atoms with Gasteiger partial charge in [-0.3, -0.25) is 9.98 Å². The molecule has 3 heteroatoms. The number of rotatable bonds is 3. The van der Waals surface area contributed by atoms with Crippen LogP contribution in [-0.4, -0.2) is 11.2 Å². The Kier molecular flexibility index (Phi) is 3.47. The van der Waals surface area contributed by atoms with E-state index in [9.17, 15) is 0 Å². The van der Waals surface area contributed by atoms with Crippen molar-refractivity contribution < 1.29 is 0 Å². The van der Waals surface area contributed by atoms with E-state index in [4.69, 9.17) is 0 Å². The predicted molar refractivity (Wildman–Crippen MR) is 81.2 cm³/mol. The molecular formula is C16H12N2S. The molecule has 3 aromatic rings. The lowest BCUT2D eigenvalue weighted by atomic mass is 10.1. The lowest BCUT2D eigenvalue weighted by molar-refractivity contribution is 1.30. The monoisotopic (exact) mass is 264 g/mol. The molecule has 0 aliphatic heterocycles. The molecule has 0 radical (unpaired) electrons. The second-order valence-electron chi connectivity index (χ2n) is 4.07. The van der Waals surface area contributed by atoms with Gasteiger partial charge in [0.05, 0.1) is 17.6 Å². The van der Waals surface area contributed by atoms with E-state index in [0.717, 1.165) is 11.4 Å². The van der Waals surface area contributed by atoms with E-state index in [1.807, 2.05) is 30.3 Å². The van der Waals surface area contributed by atoms with Crippen LogP contribution in [0.1, 0.15) is 5.69 Å². The fourth-order valence-electron chi connectivity index (χ4n) is 1.76. The summed E-state index contributed by atoms with van der Waals surface area (Å²) in [4.78, 5) is 8.62. The summed E-state index contributed by atoms with van der Waals surface area (Å²) < 4.78 is 0. The highest BCUT2D eigenvalue weighted by molar-refractivity contribution is 7.08. The molecule has 0 aliphatic rings. The first-order valence-electron chi connectivity index (χ1n) is 5.99. The van der Waals surface area contributed by atoms with Crippen molar-refractivity contribution in [3.05, 3.63) is 71.2 Å². The van der Waals surface area contributed by atoms with Gasteiger partial charge in [0.25, 0.3) is 0 Å². The van der Waals surface area contributed by atoms with Crippen molar-refractivity contribution in [2.45, 2.75) is 0 Å². The van der Waals surface area contributed by atoms with Crippen LogP contribution in [0.5, 0.6) is 0 Å². The minimum atomic E-state index is 0.865. The molecule has 0 saturated heterocycles. The van der Waals surface area contributed by atoms with Crippen LogP contribution in [0.15, 0.2) is 70.5 Å². The van der Waals surface area contributed by atoms with Gasteiger partial charge < -0.3 is 0 Å². The zero-order valence-corrected chi connectivity index (χ0v) is 11.0. The summed E-state index contributed by atoms with van der Waals surface area (Å²) in [6.45, 7) is 0. The van der Waals surface area contributed by atoms with Gasteiger partial charge in [-0.25, -0.2) is 0 Å². The van der Waals surface area contributed by atoms with E-state index in [-0.39, 0.29) is 0 Å². The number of nitrogens with zero attached hydrogens (tertiary/aromatic N) is 2. The number of hydrogen-bond acceptors (Lipinski definition) is 3. The third-order valence-corrected chi connectivity index (χ3v) is 3.44. The maximum absolute atomic E-state index is 4.41. The summed E-state index contributed by atoms with van der Waals surface area (Å²) in [7, 11) is 0. The fraction of sp³-hybridized carbons (Fsp3) is 0. The van der Waals surface area contributed by atoms with Crippen molar-refractivity contribution in [1.82, 2.24) is 4.98 Å². The summed E-state index contributed by atoms with van der Waals surface area (Å²) in [5.41, 5.74) is 4.28. The summed E-state index contributed by atoms with van der Waals surface area (Å²) in [5, 5.41) is 4.23. The number of aliphatic imine (C=N–C) groups is 1. The van der Waals surface area contributed by atoms with Crippen molar-refractivity contribution in [1.29, 1.82) is 0 Å². The number of thiophene rings is 1. The average molecular weight is 264 g/mol. The van der Waals surface area contributed by atoms with Crippen LogP contribution in [0.3, 0.4) is 0 Å². The molecule has 1 aromatic carbocycles. The van der Waals surface area contributed by atoms with Gasteiger partial charge in [0.1, 0.15) is 0 Å². The molecule has 3 rings (SSSR count). The van der Waals surface area contributed by atoms with Crippen LogP contribution in [0.2, 0.25) is 0 Å². The molecule has 2 heterocycles. The van der Waals surface area contributed by atoms with E-state index in [1.54, 1.807) is 23.7 Å². The van der Waals surface area contributed by atoms with Gasteiger partial charge in [-0.15, -0.1) is 0 Å². The first kappa shape index (κ1) is 11.8. The normalized spacial score (nSPS) is 10.9. The fourth-order valence-corrected chi connectivity index (χ4v) is 2.43. The number of aromatic nitrogens is 1. The Morgan fingerprint density at radius 2 is 1.84 bits per heavy atom. The Labute approximate surface area is 116 Å². The van der Waals surface area contributed by atoms with E-state index in [1.165, 1.54) is 11.1 Å². The quantitative estimate of drug-likeness (QED) is 0.636. The van der Waals surface area contributed by atoms with Crippen LogP contribution in [-0.2, 0) is 0 Å². The van der Waals surface area contributed by atoms with Gasteiger partial charge in [-0.05, 0) is 52.2 Å². The maximum atomic E-state index is 4.41. The van der Waals surface area contributed by atoms with Crippen molar-refractivity contribution in [3.8, 4) is 11.1 Å². The summed E-state index contributed by atoms with van der Waals surface area (Å²) in [5.74, 6) is 0. The van der Waals surface area contributed by atoms with Gasteiger partial charge in [0, 0.05) is 6.20 Å². The molecule has 0 fully saturated rings. The molecule has 92 valence electrons. The van der Waals surface area contributed by atoms with E-state index < -0.39 is 0 Å². The first-order chi connectivity index (χ1) is 9.42. The molecule has 19 heavy (non-hydrogen) atoms. The Morgan fingerprint density at radius 1 is 0.947 bits per heavy atom. The zero-order chi connectivity index (χ0) is 12.9. The van der Waals surface area contributed by atoms with Crippen LogP contribution >= 0.6 is 11.3 Å². The summed E-state index contributed by atoms with van der Waals surface area (Å²) in [6.07, 6.45) is 3.54. The molecule has 0 atom stereocenters. The Hall–Kier alpha value is -2.26. The number of benzene rings is 1. The molecule has 0 spiro atoms. The van der Waals surface area contributed by atoms with Crippen LogP contribution < -0.4 is 0 Å². The van der Waals surface area contributed by atoms with Crippen LogP contribution in [0.25, 0.3) is 11.1 Å². The molecule has 0 bridgehead atoms. The van der Waals surface area contributed by atoms with E-state index in [0.29, 0.717) is 0 Å².